The molecule has 2 heterocycles. The van der Waals surface area contributed by atoms with Crippen LogP contribution in [-0.2, 0) is 0 Å². The van der Waals surface area contributed by atoms with Crippen molar-refractivity contribution in [1.82, 2.24) is 10.1 Å². The maximum atomic E-state index is 14.7. The Labute approximate surface area is 199 Å². The number of nitrogens with zero attached hydrogens (tertiary/aromatic N) is 1. The van der Waals surface area contributed by atoms with Crippen LogP contribution in [0.25, 0.3) is 33.7 Å². The van der Waals surface area contributed by atoms with Gasteiger partial charge in [0.05, 0.1) is 17.0 Å². The Bertz CT molecular complexity index is 1670. The van der Waals surface area contributed by atoms with Gasteiger partial charge in [0.1, 0.15) is 17.2 Å². The Morgan fingerprint density at radius 1 is 1.03 bits per heavy atom. The Morgan fingerprint density at radius 2 is 1.80 bits per heavy atom. The third kappa shape index (κ3) is 4.03. The summed E-state index contributed by atoms with van der Waals surface area (Å²) in [6, 6.07) is 17.3. The van der Waals surface area contributed by atoms with Crippen LogP contribution < -0.4 is 16.5 Å². The summed E-state index contributed by atoms with van der Waals surface area (Å²) in [7, 11) is 0. The van der Waals surface area contributed by atoms with Gasteiger partial charge < -0.3 is 9.73 Å². The molecular formula is C27H22FN3O4. The highest BCUT2D eigenvalue weighted by Gasteiger charge is 2.21. The summed E-state index contributed by atoms with van der Waals surface area (Å²) in [4.78, 5) is 27.2. The number of hydrogen-bond donors (Lipinski definition) is 2. The first-order valence-electron chi connectivity index (χ1n) is 11.1. The van der Waals surface area contributed by atoms with Gasteiger partial charge in [0.15, 0.2) is 11.3 Å². The Morgan fingerprint density at radius 3 is 2.51 bits per heavy atom. The molecule has 35 heavy (non-hydrogen) atoms. The van der Waals surface area contributed by atoms with Crippen LogP contribution in [0.15, 0.2) is 79.2 Å². The molecule has 0 aliphatic carbocycles. The Balaban J connectivity index is 1.66. The zero-order valence-corrected chi connectivity index (χ0v) is 19.3. The third-order valence-corrected chi connectivity index (χ3v) is 5.96. The minimum absolute atomic E-state index is 0.0228. The molecule has 7 nitrogen and oxygen atoms in total. The molecule has 0 unspecified atom stereocenters. The maximum Gasteiger partial charge on any atom is 0.439 e. The topological polar surface area (TPSA) is 101 Å². The van der Waals surface area contributed by atoms with Crippen molar-refractivity contribution in [2.45, 2.75) is 26.8 Å². The van der Waals surface area contributed by atoms with E-state index in [1.807, 2.05) is 56.3 Å². The number of H-pyrrole nitrogens is 1. The summed E-state index contributed by atoms with van der Waals surface area (Å²) in [5, 5.41) is 7.40. The number of aryl methyl sites for hydroxylation is 1. The van der Waals surface area contributed by atoms with Crippen molar-refractivity contribution < 1.29 is 13.3 Å². The van der Waals surface area contributed by atoms with Crippen LogP contribution in [0, 0.1) is 19.7 Å². The first kappa shape index (κ1) is 22.3. The van der Waals surface area contributed by atoms with E-state index in [-0.39, 0.29) is 16.8 Å². The standard InChI is InChI=1S/C27H22FN3O4/c1-14-12-18(16(3)29-21-11-7-10-20(28)22(21)26-30-27(33)35-31-26)25-19(13-14)23(32)15(2)24(34-25)17-8-5-4-6-9-17/h4-13,16,29H,1-3H3,(H,30,31,33)/t16-/m1/s1. The molecule has 5 rings (SSSR count). The molecule has 0 saturated heterocycles. The fraction of sp³-hybridized carbons (Fsp3) is 0.148. The first-order valence-corrected chi connectivity index (χ1v) is 11.1. The molecule has 0 saturated carbocycles. The molecule has 2 N–H and O–H groups in total. The van der Waals surface area contributed by atoms with E-state index >= 15 is 0 Å². The zero-order chi connectivity index (χ0) is 24.7. The largest absolute Gasteiger partial charge is 0.455 e. The molecule has 2 aromatic heterocycles. The predicted octanol–water partition coefficient (Wildman–Crippen LogP) is 5.73. The van der Waals surface area contributed by atoms with Gasteiger partial charge in [-0.3, -0.25) is 14.3 Å². The van der Waals surface area contributed by atoms with Gasteiger partial charge in [-0.2, -0.15) is 0 Å². The number of aromatic nitrogens is 2. The van der Waals surface area contributed by atoms with Gasteiger partial charge in [-0.25, -0.2) is 9.18 Å². The molecule has 0 fully saturated rings. The van der Waals surface area contributed by atoms with Crippen LogP contribution in [0.5, 0.6) is 0 Å². The van der Waals surface area contributed by atoms with E-state index in [1.165, 1.54) is 6.07 Å². The lowest BCUT2D eigenvalue weighted by molar-refractivity contribution is 0.387. The first-order chi connectivity index (χ1) is 16.8. The van der Waals surface area contributed by atoms with E-state index in [1.54, 1.807) is 19.1 Å². The van der Waals surface area contributed by atoms with E-state index in [0.717, 1.165) is 16.7 Å². The molecule has 0 amide bonds. The van der Waals surface area contributed by atoms with Gasteiger partial charge in [0.25, 0.3) is 0 Å². The number of anilines is 1. The minimum Gasteiger partial charge on any atom is -0.455 e. The van der Waals surface area contributed by atoms with E-state index in [2.05, 4.69) is 20.0 Å². The van der Waals surface area contributed by atoms with Gasteiger partial charge >= 0.3 is 5.76 Å². The van der Waals surface area contributed by atoms with Gasteiger partial charge in [-0.1, -0.05) is 47.6 Å². The maximum absolute atomic E-state index is 14.7. The van der Waals surface area contributed by atoms with Gasteiger partial charge in [-0.05, 0) is 44.5 Å². The number of hydrogen-bond acceptors (Lipinski definition) is 6. The highest BCUT2D eigenvalue weighted by atomic mass is 19.1. The van der Waals surface area contributed by atoms with E-state index < -0.39 is 17.6 Å². The monoisotopic (exact) mass is 471 g/mol. The summed E-state index contributed by atoms with van der Waals surface area (Å²) in [6.45, 7) is 5.55. The Hall–Kier alpha value is -4.46. The van der Waals surface area contributed by atoms with Crippen molar-refractivity contribution in [2.75, 3.05) is 5.32 Å². The summed E-state index contributed by atoms with van der Waals surface area (Å²) in [5.74, 6) is -0.871. The number of nitrogens with one attached hydrogen (secondary N) is 2. The molecule has 0 radical (unpaired) electrons. The van der Waals surface area contributed by atoms with Crippen LogP contribution >= 0.6 is 0 Å². The lowest BCUT2D eigenvalue weighted by Crippen LogP contribution is -2.13. The van der Waals surface area contributed by atoms with Crippen molar-refractivity contribution in [3.8, 4) is 22.7 Å². The van der Waals surface area contributed by atoms with Crippen molar-refractivity contribution in [2.24, 2.45) is 0 Å². The van der Waals surface area contributed by atoms with E-state index in [4.69, 9.17) is 4.42 Å². The lowest BCUT2D eigenvalue weighted by atomic mass is 9.98. The molecular weight excluding hydrogens is 449 g/mol. The SMILES string of the molecule is Cc1cc([C@@H](C)Nc2cccc(F)c2-c2noc(=O)[nH]2)c2oc(-c3ccccc3)c(C)c(=O)c2c1. The molecule has 176 valence electrons. The molecule has 5 aromatic rings. The molecule has 1 atom stereocenters. The molecule has 0 aliphatic rings. The van der Waals surface area contributed by atoms with Crippen molar-refractivity contribution in [1.29, 1.82) is 0 Å². The van der Waals surface area contributed by atoms with E-state index in [0.29, 0.717) is 28.0 Å². The quantitative estimate of drug-likeness (QED) is 0.339. The number of rotatable bonds is 5. The fourth-order valence-corrected chi connectivity index (χ4v) is 4.29. The van der Waals surface area contributed by atoms with Gasteiger partial charge in [0, 0.05) is 22.4 Å². The van der Waals surface area contributed by atoms with Crippen molar-refractivity contribution in [3.63, 3.8) is 0 Å². The average Bonchev–Trinajstić information content (AvgIpc) is 3.27. The zero-order valence-electron chi connectivity index (χ0n) is 19.3. The van der Waals surface area contributed by atoms with Crippen LogP contribution in [-0.4, -0.2) is 10.1 Å². The minimum atomic E-state index is -0.780. The average molecular weight is 471 g/mol. The number of halogens is 1. The van der Waals surface area contributed by atoms with Crippen molar-refractivity contribution in [3.05, 3.63) is 104 Å². The smallest absolute Gasteiger partial charge is 0.439 e. The highest BCUT2D eigenvalue weighted by molar-refractivity contribution is 5.85. The predicted molar refractivity (Wildman–Crippen MR) is 132 cm³/mol. The number of fused-ring (bicyclic) bond motifs is 1. The molecule has 0 bridgehead atoms. The lowest BCUT2D eigenvalue weighted by Gasteiger charge is -2.20. The summed E-state index contributed by atoms with van der Waals surface area (Å²) < 4.78 is 25.7. The molecule has 0 aliphatic heterocycles. The third-order valence-electron chi connectivity index (χ3n) is 5.96. The van der Waals surface area contributed by atoms with Crippen LogP contribution in [0.2, 0.25) is 0 Å². The van der Waals surface area contributed by atoms with Crippen molar-refractivity contribution >= 4 is 16.7 Å². The van der Waals surface area contributed by atoms with Crippen LogP contribution in [0.4, 0.5) is 10.1 Å². The summed E-state index contributed by atoms with van der Waals surface area (Å²) >= 11 is 0. The Kier molecular flexibility index (Phi) is 5.56. The number of benzene rings is 3. The summed E-state index contributed by atoms with van der Waals surface area (Å²) in [6.07, 6.45) is 0. The van der Waals surface area contributed by atoms with Gasteiger partial charge in [0.2, 0.25) is 0 Å². The molecule has 8 heteroatoms. The summed E-state index contributed by atoms with van der Waals surface area (Å²) in [5.41, 5.74) is 3.78. The highest BCUT2D eigenvalue weighted by Crippen LogP contribution is 2.34. The normalized spacial score (nSPS) is 12.1. The van der Waals surface area contributed by atoms with Crippen LogP contribution in [0.3, 0.4) is 0 Å². The second kappa shape index (κ2) is 8.72. The van der Waals surface area contributed by atoms with E-state index in [9.17, 15) is 14.0 Å². The molecule has 0 spiro atoms. The fourth-order valence-electron chi connectivity index (χ4n) is 4.29. The van der Waals surface area contributed by atoms with Crippen LogP contribution in [0.1, 0.15) is 29.7 Å². The molecule has 3 aromatic carbocycles. The van der Waals surface area contributed by atoms with Gasteiger partial charge in [-0.15, -0.1) is 0 Å². The second-order valence-electron chi connectivity index (χ2n) is 8.45. The number of aromatic amines is 1. The second-order valence-corrected chi connectivity index (χ2v) is 8.45.